The molecule has 0 saturated heterocycles. The molecule has 0 bridgehead atoms. The van der Waals surface area contributed by atoms with Crippen molar-refractivity contribution >= 4 is 5.97 Å². The van der Waals surface area contributed by atoms with Crippen LogP contribution in [0, 0.1) is 0 Å². The van der Waals surface area contributed by atoms with Crippen LogP contribution in [0.1, 0.15) is 17.5 Å². The normalized spacial score (nSPS) is 11.6. The third-order valence-electron chi connectivity index (χ3n) is 1.23. The zero-order valence-electron chi connectivity index (χ0n) is 6.74. The maximum atomic E-state index is 12.4. The first-order chi connectivity index (χ1) is 5.90. The number of hydrogen-bond donors (Lipinski definition) is 1. The van der Waals surface area contributed by atoms with Crippen molar-refractivity contribution < 1.29 is 18.7 Å². The second-order valence-electron chi connectivity index (χ2n) is 2.62. The van der Waals surface area contributed by atoms with Crippen molar-refractivity contribution in [3.05, 3.63) is 12.2 Å². The van der Waals surface area contributed by atoms with Gasteiger partial charge >= 0.3 is 5.97 Å². The smallest absolute Gasteiger partial charge is 0.373 e. The van der Waals surface area contributed by atoms with Crippen molar-refractivity contribution in [1.82, 2.24) is 14.8 Å². The van der Waals surface area contributed by atoms with Crippen molar-refractivity contribution in [1.29, 1.82) is 0 Å². The Morgan fingerprint density at radius 3 is 2.85 bits per heavy atom. The van der Waals surface area contributed by atoms with Crippen LogP contribution >= 0.6 is 0 Å². The number of aromatic carboxylic acids is 1. The van der Waals surface area contributed by atoms with Crippen LogP contribution in [0.15, 0.2) is 6.33 Å². The van der Waals surface area contributed by atoms with E-state index in [1.165, 1.54) is 0 Å². The molecule has 0 atom stereocenters. The van der Waals surface area contributed by atoms with Gasteiger partial charge in [-0.2, -0.15) is 5.10 Å². The number of halogens is 2. The Bertz CT molecular complexity index is 318. The van der Waals surface area contributed by atoms with E-state index >= 15 is 0 Å². The maximum absolute atomic E-state index is 12.4. The molecule has 1 aromatic rings. The molecule has 0 aromatic carbocycles. The van der Waals surface area contributed by atoms with E-state index < -0.39 is 24.3 Å². The summed E-state index contributed by atoms with van der Waals surface area (Å²) < 4.78 is 25.5. The second kappa shape index (κ2) is 3.08. The van der Waals surface area contributed by atoms with Crippen molar-refractivity contribution in [3.8, 4) is 0 Å². The minimum atomic E-state index is -3.00. The maximum Gasteiger partial charge on any atom is 0.373 e. The van der Waals surface area contributed by atoms with Gasteiger partial charge in [0.25, 0.3) is 5.92 Å². The third-order valence-corrected chi connectivity index (χ3v) is 1.23. The van der Waals surface area contributed by atoms with E-state index in [1.54, 1.807) is 0 Å². The topological polar surface area (TPSA) is 68.0 Å². The fourth-order valence-electron chi connectivity index (χ4n) is 0.808. The zero-order valence-corrected chi connectivity index (χ0v) is 6.74. The standard InChI is InChI=1S/C6H7F2N3O2/c1-6(7,8)2-11-4(5(12)13)9-3-10-11/h3H,2H2,1H3,(H,12,13). The van der Waals surface area contributed by atoms with Crippen LogP contribution in [0.4, 0.5) is 8.78 Å². The van der Waals surface area contributed by atoms with E-state index in [-0.39, 0.29) is 0 Å². The minimum absolute atomic E-state index is 0.485. The molecule has 0 fully saturated rings. The molecule has 0 aliphatic heterocycles. The molecule has 0 unspecified atom stereocenters. The Hall–Kier alpha value is -1.53. The van der Waals surface area contributed by atoms with Crippen molar-refractivity contribution in [2.24, 2.45) is 0 Å². The molecule has 1 aromatic heterocycles. The monoisotopic (exact) mass is 191 g/mol. The first-order valence-corrected chi connectivity index (χ1v) is 3.39. The Morgan fingerprint density at radius 1 is 1.77 bits per heavy atom. The van der Waals surface area contributed by atoms with Gasteiger partial charge in [0.2, 0.25) is 5.82 Å². The molecule has 0 spiro atoms. The molecule has 0 radical (unpaired) electrons. The van der Waals surface area contributed by atoms with E-state index in [4.69, 9.17) is 5.11 Å². The molecule has 0 saturated carbocycles. The van der Waals surface area contributed by atoms with Gasteiger partial charge in [0.1, 0.15) is 12.9 Å². The van der Waals surface area contributed by atoms with Crippen molar-refractivity contribution in [3.63, 3.8) is 0 Å². The van der Waals surface area contributed by atoms with Gasteiger partial charge in [-0.25, -0.2) is 23.2 Å². The lowest BCUT2D eigenvalue weighted by atomic mass is 10.4. The summed E-state index contributed by atoms with van der Waals surface area (Å²) in [6, 6.07) is 0. The average molecular weight is 191 g/mol. The van der Waals surface area contributed by atoms with E-state index in [0.29, 0.717) is 11.6 Å². The zero-order chi connectivity index (χ0) is 10.1. The highest BCUT2D eigenvalue weighted by Gasteiger charge is 2.25. The summed E-state index contributed by atoms with van der Waals surface area (Å²) >= 11 is 0. The van der Waals surface area contributed by atoms with Crippen LogP contribution in [0.3, 0.4) is 0 Å². The highest BCUT2D eigenvalue weighted by atomic mass is 19.3. The summed E-state index contributed by atoms with van der Waals surface area (Å²) in [6.45, 7) is -0.102. The number of aromatic nitrogens is 3. The molecule has 7 heteroatoms. The molecule has 5 nitrogen and oxygen atoms in total. The van der Waals surface area contributed by atoms with Crippen LogP contribution in [0.25, 0.3) is 0 Å². The molecule has 0 amide bonds. The Morgan fingerprint density at radius 2 is 2.38 bits per heavy atom. The van der Waals surface area contributed by atoms with Gasteiger partial charge in [0.15, 0.2) is 0 Å². The molecule has 1 heterocycles. The summed E-state index contributed by atoms with van der Waals surface area (Å²) in [7, 11) is 0. The van der Waals surface area contributed by atoms with Gasteiger partial charge < -0.3 is 5.11 Å². The van der Waals surface area contributed by atoms with E-state index in [0.717, 1.165) is 6.33 Å². The molecule has 72 valence electrons. The van der Waals surface area contributed by atoms with Crippen LogP contribution < -0.4 is 0 Å². The summed E-state index contributed by atoms with van der Waals surface area (Å²) in [4.78, 5) is 13.7. The predicted octanol–water partition coefficient (Wildman–Crippen LogP) is 0.631. The fourth-order valence-corrected chi connectivity index (χ4v) is 0.808. The molecule has 0 aliphatic carbocycles. The number of carboxylic acids is 1. The lowest BCUT2D eigenvalue weighted by Crippen LogP contribution is -2.23. The van der Waals surface area contributed by atoms with Gasteiger partial charge in [-0.1, -0.05) is 0 Å². The highest BCUT2D eigenvalue weighted by Crippen LogP contribution is 2.14. The Labute approximate surface area is 72.0 Å². The number of nitrogens with zero attached hydrogens (tertiary/aromatic N) is 3. The van der Waals surface area contributed by atoms with Gasteiger partial charge in [-0.05, 0) is 0 Å². The quantitative estimate of drug-likeness (QED) is 0.760. The van der Waals surface area contributed by atoms with E-state index in [2.05, 4.69) is 10.1 Å². The molecular formula is C6H7F2N3O2. The Kier molecular flexibility index (Phi) is 2.26. The van der Waals surface area contributed by atoms with Crippen LogP contribution in [0.2, 0.25) is 0 Å². The van der Waals surface area contributed by atoms with E-state index in [9.17, 15) is 13.6 Å². The average Bonchev–Trinajstić information content (AvgIpc) is 2.31. The molecule has 0 aliphatic rings. The highest BCUT2D eigenvalue weighted by molar-refractivity contribution is 5.83. The summed E-state index contributed by atoms with van der Waals surface area (Å²) in [5.74, 6) is -4.86. The van der Waals surface area contributed by atoms with Crippen molar-refractivity contribution in [2.75, 3.05) is 0 Å². The number of carboxylic acid groups (broad SMARTS) is 1. The SMILES string of the molecule is CC(F)(F)Cn1ncnc1C(=O)O. The number of alkyl halides is 2. The summed E-state index contributed by atoms with van der Waals surface area (Å²) in [5, 5.41) is 11.9. The van der Waals surface area contributed by atoms with E-state index in [1.807, 2.05) is 0 Å². The molecule has 1 N–H and O–H groups in total. The van der Waals surface area contributed by atoms with Crippen LogP contribution in [-0.2, 0) is 6.54 Å². The number of rotatable bonds is 3. The second-order valence-corrected chi connectivity index (χ2v) is 2.62. The molecule has 13 heavy (non-hydrogen) atoms. The Balaban J connectivity index is 2.89. The molecular weight excluding hydrogens is 184 g/mol. The third kappa shape index (κ3) is 2.46. The minimum Gasteiger partial charge on any atom is -0.475 e. The first kappa shape index (κ1) is 9.56. The number of carbonyl (C=O) groups is 1. The fraction of sp³-hybridized carbons (Fsp3) is 0.500. The summed E-state index contributed by atoms with van der Waals surface area (Å²) in [5.41, 5.74) is 0. The van der Waals surface area contributed by atoms with Gasteiger partial charge in [-0.3, -0.25) is 0 Å². The van der Waals surface area contributed by atoms with Crippen LogP contribution in [0.5, 0.6) is 0 Å². The predicted molar refractivity (Wildman–Crippen MR) is 37.6 cm³/mol. The van der Waals surface area contributed by atoms with Gasteiger partial charge in [0, 0.05) is 6.92 Å². The summed E-state index contributed by atoms with van der Waals surface area (Å²) in [6.07, 6.45) is 0.926. The van der Waals surface area contributed by atoms with Gasteiger partial charge in [-0.15, -0.1) is 0 Å². The number of hydrogen-bond acceptors (Lipinski definition) is 3. The van der Waals surface area contributed by atoms with Crippen molar-refractivity contribution in [2.45, 2.75) is 19.4 Å². The first-order valence-electron chi connectivity index (χ1n) is 3.39. The molecule has 1 rings (SSSR count). The lowest BCUT2D eigenvalue weighted by Gasteiger charge is -2.09. The largest absolute Gasteiger partial charge is 0.475 e. The van der Waals surface area contributed by atoms with Gasteiger partial charge in [0.05, 0.1) is 0 Å². The lowest BCUT2D eigenvalue weighted by molar-refractivity contribution is -0.000565. The van der Waals surface area contributed by atoms with Crippen LogP contribution in [-0.4, -0.2) is 31.8 Å².